The maximum absolute atomic E-state index is 13.7. The fraction of sp³-hybridized carbons (Fsp3) is 0.462. The Labute approximate surface area is 122 Å². The lowest BCUT2D eigenvalue weighted by molar-refractivity contribution is -0.144. The predicted molar refractivity (Wildman–Crippen MR) is 71.9 cm³/mol. The number of hydrogen-bond donors (Lipinski definition) is 0. The summed E-state index contributed by atoms with van der Waals surface area (Å²) in [5.74, 6) is -1.42. The van der Waals surface area contributed by atoms with E-state index in [1.807, 2.05) is 0 Å². The standard InChI is InChI=1S/C13H16FNO5S/c1-19-12-6-5-9(8-10(12)14)21(17,18)15-7-3-4-11(15)13(16)20-2/h5-6,8,11H,3-4,7H2,1-2H3. The van der Waals surface area contributed by atoms with Gasteiger partial charge >= 0.3 is 5.97 Å². The second-order valence-corrected chi connectivity index (χ2v) is 6.48. The number of rotatable bonds is 4. The maximum atomic E-state index is 13.7. The Balaban J connectivity index is 2.37. The van der Waals surface area contributed by atoms with Crippen molar-refractivity contribution in [1.82, 2.24) is 4.31 Å². The van der Waals surface area contributed by atoms with E-state index in [9.17, 15) is 17.6 Å². The molecule has 2 rings (SSSR count). The van der Waals surface area contributed by atoms with Crippen molar-refractivity contribution in [3.05, 3.63) is 24.0 Å². The van der Waals surface area contributed by atoms with E-state index in [0.29, 0.717) is 12.8 Å². The summed E-state index contributed by atoms with van der Waals surface area (Å²) in [5, 5.41) is 0. The smallest absolute Gasteiger partial charge is 0.324 e. The van der Waals surface area contributed by atoms with Gasteiger partial charge in [0.2, 0.25) is 10.0 Å². The largest absolute Gasteiger partial charge is 0.494 e. The average molecular weight is 317 g/mol. The fourth-order valence-electron chi connectivity index (χ4n) is 2.34. The summed E-state index contributed by atoms with van der Waals surface area (Å²) in [6.45, 7) is 0.204. The highest BCUT2D eigenvalue weighted by atomic mass is 32.2. The van der Waals surface area contributed by atoms with Crippen molar-refractivity contribution in [3.8, 4) is 5.75 Å². The van der Waals surface area contributed by atoms with E-state index < -0.39 is 27.9 Å². The molecule has 0 radical (unpaired) electrons. The average Bonchev–Trinajstić information content (AvgIpc) is 2.96. The quantitative estimate of drug-likeness (QED) is 0.779. The molecular weight excluding hydrogens is 301 g/mol. The molecule has 0 saturated carbocycles. The van der Waals surface area contributed by atoms with E-state index in [1.54, 1.807) is 0 Å². The predicted octanol–water partition coefficient (Wildman–Crippen LogP) is 1.16. The lowest BCUT2D eigenvalue weighted by Gasteiger charge is -2.22. The van der Waals surface area contributed by atoms with Crippen molar-refractivity contribution >= 4 is 16.0 Å². The lowest BCUT2D eigenvalue weighted by atomic mass is 10.2. The number of benzene rings is 1. The van der Waals surface area contributed by atoms with Crippen LogP contribution in [0.3, 0.4) is 0 Å². The lowest BCUT2D eigenvalue weighted by Crippen LogP contribution is -2.41. The third kappa shape index (κ3) is 2.86. The minimum atomic E-state index is -3.95. The minimum absolute atomic E-state index is 0.0418. The van der Waals surface area contributed by atoms with Crippen molar-refractivity contribution in [2.75, 3.05) is 20.8 Å². The van der Waals surface area contributed by atoms with Gasteiger partial charge in [0, 0.05) is 6.54 Å². The van der Waals surface area contributed by atoms with Gasteiger partial charge in [0.05, 0.1) is 19.1 Å². The molecule has 6 nitrogen and oxygen atoms in total. The minimum Gasteiger partial charge on any atom is -0.494 e. The van der Waals surface area contributed by atoms with Gasteiger partial charge in [-0.2, -0.15) is 4.31 Å². The molecule has 1 heterocycles. The molecule has 1 unspecified atom stereocenters. The summed E-state index contributed by atoms with van der Waals surface area (Å²) >= 11 is 0. The first kappa shape index (κ1) is 15.7. The van der Waals surface area contributed by atoms with E-state index in [-0.39, 0.29) is 17.2 Å². The first-order valence-electron chi connectivity index (χ1n) is 6.35. The number of methoxy groups -OCH3 is 2. The molecule has 1 aromatic rings. The highest BCUT2D eigenvalue weighted by Crippen LogP contribution is 2.29. The highest BCUT2D eigenvalue weighted by molar-refractivity contribution is 7.89. The van der Waals surface area contributed by atoms with Gasteiger partial charge in [-0.1, -0.05) is 0 Å². The molecule has 0 spiro atoms. The van der Waals surface area contributed by atoms with Crippen LogP contribution in [0.25, 0.3) is 0 Å². The molecule has 1 fully saturated rings. The van der Waals surface area contributed by atoms with Crippen LogP contribution in [0, 0.1) is 5.82 Å². The number of nitrogens with zero attached hydrogens (tertiary/aromatic N) is 1. The Morgan fingerprint density at radius 1 is 1.38 bits per heavy atom. The number of carbonyl (C=O) groups excluding carboxylic acids is 1. The second kappa shape index (κ2) is 5.98. The number of hydrogen-bond acceptors (Lipinski definition) is 5. The fourth-order valence-corrected chi connectivity index (χ4v) is 4.00. The molecule has 0 aromatic heterocycles. The van der Waals surface area contributed by atoms with E-state index in [2.05, 4.69) is 4.74 Å². The van der Waals surface area contributed by atoms with Crippen molar-refractivity contribution in [2.45, 2.75) is 23.8 Å². The Bertz CT molecular complexity index is 646. The molecule has 0 amide bonds. The molecule has 0 N–H and O–H groups in total. The summed E-state index contributed by atoms with van der Waals surface area (Å²) in [5.41, 5.74) is 0. The summed E-state index contributed by atoms with van der Waals surface area (Å²) in [6, 6.07) is 2.53. The zero-order valence-electron chi connectivity index (χ0n) is 11.7. The van der Waals surface area contributed by atoms with Crippen LogP contribution in [0.5, 0.6) is 5.75 Å². The Kier molecular flexibility index (Phi) is 4.48. The SMILES string of the molecule is COC(=O)C1CCCN1S(=O)(=O)c1ccc(OC)c(F)c1. The van der Waals surface area contributed by atoms with Gasteiger partial charge in [-0.25, -0.2) is 12.8 Å². The van der Waals surface area contributed by atoms with E-state index in [0.717, 1.165) is 10.4 Å². The zero-order valence-corrected chi connectivity index (χ0v) is 12.5. The van der Waals surface area contributed by atoms with Crippen molar-refractivity contribution in [1.29, 1.82) is 0 Å². The van der Waals surface area contributed by atoms with Crippen LogP contribution in [-0.4, -0.2) is 45.5 Å². The van der Waals surface area contributed by atoms with E-state index in [4.69, 9.17) is 4.74 Å². The first-order chi connectivity index (χ1) is 9.91. The summed E-state index contributed by atoms with van der Waals surface area (Å²) in [6.07, 6.45) is 0.947. The molecule has 1 aliphatic heterocycles. The molecule has 8 heteroatoms. The van der Waals surface area contributed by atoms with Gasteiger partial charge in [-0.15, -0.1) is 0 Å². The van der Waals surface area contributed by atoms with Gasteiger partial charge < -0.3 is 9.47 Å². The summed E-state index contributed by atoms with van der Waals surface area (Å²) in [4.78, 5) is 11.4. The number of ether oxygens (including phenoxy) is 2. The maximum Gasteiger partial charge on any atom is 0.324 e. The van der Waals surface area contributed by atoms with Crippen LogP contribution in [0.1, 0.15) is 12.8 Å². The topological polar surface area (TPSA) is 72.9 Å². The molecular formula is C13H16FNO5S. The molecule has 0 bridgehead atoms. The Morgan fingerprint density at radius 2 is 2.10 bits per heavy atom. The van der Waals surface area contributed by atoms with Gasteiger partial charge in [0.25, 0.3) is 0 Å². The second-order valence-electron chi connectivity index (χ2n) is 4.59. The van der Waals surface area contributed by atoms with E-state index >= 15 is 0 Å². The molecule has 1 atom stereocenters. The van der Waals surface area contributed by atoms with Gasteiger partial charge in [-0.05, 0) is 31.0 Å². The normalized spacial score (nSPS) is 19.5. The number of esters is 1. The highest BCUT2D eigenvalue weighted by Gasteiger charge is 2.40. The molecule has 1 aromatic carbocycles. The zero-order chi connectivity index (χ0) is 15.6. The van der Waals surface area contributed by atoms with Crippen LogP contribution in [0.2, 0.25) is 0 Å². The molecule has 1 saturated heterocycles. The van der Waals surface area contributed by atoms with E-state index in [1.165, 1.54) is 26.4 Å². The third-order valence-corrected chi connectivity index (χ3v) is 5.31. The monoisotopic (exact) mass is 317 g/mol. The van der Waals surface area contributed by atoms with Crippen molar-refractivity contribution < 1.29 is 27.1 Å². The number of carbonyl (C=O) groups is 1. The molecule has 1 aliphatic rings. The molecule has 21 heavy (non-hydrogen) atoms. The van der Waals surface area contributed by atoms with Crippen LogP contribution in [0.15, 0.2) is 23.1 Å². The van der Waals surface area contributed by atoms with Gasteiger partial charge in [-0.3, -0.25) is 4.79 Å². The van der Waals surface area contributed by atoms with Gasteiger partial charge in [0.15, 0.2) is 11.6 Å². The van der Waals surface area contributed by atoms with Crippen molar-refractivity contribution in [3.63, 3.8) is 0 Å². The van der Waals surface area contributed by atoms with Crippen molar-refractivity contribution in [2.24, 2.45) is 0 Å². The Morgan fingerprint density at radius 3 is 2.67 bits per heavy atom. The van der Waals surface area contributed by atoms with Gasteiger partial charge in [0.1, 0.15) is 6.04 Å². The Hall–Kier alpha value is -1.67. The first-order valence-corrected chi connectivity index (χ1v) is 7.79. The molecule has 116 valence electrons. The summed E-state index contributed by atoms with van der Waals surface area (Å²) < 4.78 is 49.2. The number of halogens is 1. The number of sulfonamides is 1. The molecule has 0 aliphatic carbocycles. The van der Waals surface area contributed by atoms with Crippen LogP contribution < -0.4 is 4.74 Å². The summed E-state index contributed by atoms with van der Waals surface area (Å²) in [7, 11) is -1.45. The third-order valence-electron chi connectivity index (χ3n) is 3.41. The van der Waals surface area contributed by atoms with Crippen LogP contribution >= 0.6 is 0 Å². The van der Waals surface area contributed by atoms with Crippen LogP contribution in [-0.2, 0) is 19.6 Å². The van der Waals surface area contributed by atoms with Crippen LogP contribution in [0.4, 0.5) is 4.39 Å².